The van der Waals surface area contributed by atoms with Gasteiger partial charge in [0.05, 0.1) is 0 Å². The maximum absolute atomic E-state index is 10.3. The van der Waals surface area contributed by atoms with Gasteiger partial charge in [0.1, 0.15) is 20.3 Å². The molecular formula is C5H3ClNO3S-. The number of halogens is 1. The van der Waals surface area contributed by atoms with Gasteiger partial charge in [0.2, 0.25) is 0 Å². The molecule has 6 heteroatoms. The standard InChI is InChI=1S/C5H4ClNO3S/c6-4-2-1-3-5(7-4)11(8,9)10/h1-3H,(H,8,9,10)/p-1. The molecule has 0 radical (unpaired) electrons. The van der Waals surface area contributed by atoms with Gasteiger partial charge in [-0.2, -0.15) is 0 Å². The first kappa shape index (κ1) is 8.45. The van der Waals surface area contributed by atoms with E-state index in [1.807, 2.05) is 0 Å². The van der Waals surface area contributed by atoms with E-state index in [9.17, 15) is 13.0 Å². The van der Waals surface area contributed by atoms with E-state index in [0.717, 1.165) is 6.07 Å². The minimum Gasteiger partial charge on any atom is -0.743 e. The zero-order valence-electron chi connectivity index (χ0n) is 5.19. The second-order valence-electron chi connectivity index (χ2n) is 1.75. The van der Waals surface area contributed by atoms with Gasteiger partial charge in [0, 0.05) is 0 Å². The number of aromatic nitrogens is 1. The van der Waals surface area contributed by atoms with Crippen LogP contribution in [0.25, 0.3) is 0 Å². The van der Waals surface area contributed by atoms with Crippen LogP contribution in [0.1, 0.15) is 0 Å². The van der Waals surface area contributed by atoms with Crippen LogP contribution in [0.2, 0.25) is 5.15 Å². The molecule has 1 aromatic heterocycles. The zero-order chi connectivity index (χ0) is 8.48. The van der Waals surface area contributed by atoms with Gasteiger partial charge in [0.15, 0.2) is 0 Å². The minimum atomic E-state index is -4.47. The maximum atomic E-state index is 10.3. The minimum absolute atomic E-state index is 0.0121. The van der Waals surface area contributed by atoms with E-state index in [2.05, 4.69) is 4.98 Å². The van der Waals surface area contributed by atoms with Gasteiger partial charge in [-0.05, 0) is 12.1 Å². The smallest absolute Gasteiger partial charge is 0.144 e. The van der Waals surface area contributed by atoms with Gasteiger partial charge < -0.3 is 4.55 Å². The van der Waals surface area contributed by atoms with Crippen molar-refractivity contribution in [3.8, 4) is 0 Å². The Morgan fingerprint density at radius 3 is 2.45 bits per heavy atom. The molecule has 0 spiro atoms. The molecule has 0 aliphatic heterocycles. The van der Waals surface area contributed by atoms with Gasteiger partial charge in [-0.25, -0.2) is 13.4 Å². The van der Waals surface area contributed by atoms with Crippen molar-refractivity contribution >= 4 is 21.7 Å². The van der Waals surface area contributed by atoms with Gasteiger partial charge in [-0.3, -0.25) is 0 Å². The van der Waals surface area contributed by atoms with E-state index in [4.69, 9.17) is 11.6 Å². The Labute approximate surface area is 68.6 Å². The van der Waals surface area contributed by atoms with Crippen molar-refractivity contribution in [1.82, 2.24) is 4.98 Å². The van der Waals surface area contributed by atoms with E-state index < -0.39 is 15.1 Å². The first-order valence-corrected chi connectivity index (χ1v) is 4.37. The molecular weight excluding hydrogens is 190 g/mol. The largest absolute Gasteiger partial charge is 0.743 e. The summed E-state index contributed by atoms with van der Waals surface area (Å²) in [5.41, 5.74) is 0. The Hall–Kier alpha value is -0.650. The van der Waals surface area contributed by atoms with Crippen LogP contribution in [-0.2, 0) is 10.1 Å². The topological polar surface area (TPSA) is 70.1 Å². The van der Waals surface area contributed by atoms with Crippen molar-refractivity contribution in [2.45, 2.75) is 5.03 Å². The summed E-state index contributed by atoms with van der Waals surface area (Å²) < 4.78 is 30.9. The molecule has 0 atom stereocenters. The Morgan fingerprint density at radius 1 is 1.45 bits per heavy atom. The fraction of sp³-hybridized carbons (Fsp3) is 0. The van der Waals surface area contributed by atoms with Crippen molar-refractivity contribution in [1.29, 1.82) is 0 Å². The molecule has 0 aromatic carbocycles. The predicted molar refractivity (Wildman–Crippen MR) is 37.2 cm³/mol. The molecule has 1 aromatic rings. The number of nitrogens with zero attached hydrogens (tertiary/aromatic N) is 1. The molecule has 0 N–H and O–H groups in total. The van der Waals surface area contributed by atoms with Crippen LogP contribution in [0.4, 0.5) is 0 Å². The molecule has 0 aliphatic rings. The van der Waals surface area contributed by atoms with Gasteiger partial charge in [0.25, 0.3) is 0 Å². The lowest BCUT2D eigenvalue weighted by Gasteiger charge is -2.04. The first-order valence-electron chi connectivity index (χ1n) is 2.58. The Balaban J connectivity index is 3.28. The van der Waals surface area contributed by atoms with E-state index >= 15 is 0 Å². The van der Waals surface area contributed by atoms with E-state index in [1.165, 1.54) is 12.1 Å². The second kappa shape index (κ2) is 2.77. The summed E-state index contributed by atoms with van der Waals surface area (Å²) in [4.78, 5) is 3.31. The van der Waals surface area contributed by atoms with Crippen LogP contribution < -0.4 is 0 Å². The summed E-state index contributed by atoms with van der Waals surface area (Å²) in [6.45, 7) is 0. The molecule has 0 saturated heterocycles. The van der Waals surface area contributed by atoms with E-state index in [-0.39, 0.29) is 5.15 Å². The average Bonchev–Trinajstić information content (AvgIpc) is 1.86. The lowest BCUT2D eigenvalue weighted by atomic mass is 10.5. The highest BCUT2D eigenvalue weighted by Crippen LogP contribution is 2.08. The summed E-state index contributed by atoms with van der Waals surface area (Å²) in [5, 5.41) is -0.563. The summed E-state index contributed by atoms with van der Waals surface area (Å²) >= 11 is 5.34. The lowest BCUT2D eigenvalue weighted by Crippen LogP contribution is -2.00. The molecule has 0 unspecified atom stereocenters. The average molecular weight is 193 g/mol. The first-order chi connectivity index (χ1) is 5.00. The molecule has 0 bridgehead atoms. The monoisotopic (exact) mass is 192 g/mol. The lowest BCUT2D eigenvalue weighted by molar-refractivity contribution is 0.459. The molecule has 0 aliphatic carbocycles. The fourth-order valence-corrected chi connectivity index (χ4v) is 1.20. The Morgan fingerprint density at radius 2 is 2.09 bits per heavy atom. The Kier molecular flexibility index (Phi) is 2.12. The quantitative estimate of drug-likeness (QED) is 0.484. The highest BCUT2D eigenvalue weighted by molar-refractivity contribution is 7.85. The van der Waals surface area contributed by atoms with Crippen molar-refractivity contribution < 1.29 is 13.0 Å². The van der Waals surface area contributed by atoms with Crippen LogP contribution in [-0.4, -0.2) is 18.0 Å². The predicted octanol–water partition coefficient (Wildman–Crippen LogP) is 0.639. The number of rotatable bonds is 1. The molecule has 1 heterocycles. The molecule has 4 nitrogen and oxygen atoms in total. The van der Waals surface area contributed by atoms with Crippen LogP contribution in [0.15, 0.2) is 23.2 Å². The third-order valence-corrected chi connectivity index (χ3v) is 1.90. The third kappa shape index (κ3) is 2.14. The molecule has 60 valence electrons. The molecule has 0 amide bonds. The normalized spacial score (nSPS) is 11.5. The zero-order valence-corrected chi connectivity index (χ0v) is 6.76. The number of pyridine rings is 1. The van der Waals surface area contributed by atoms with Crippen LogP contribution in [0.3, 0.4) is 0 Å². The summed E-state index contributed by atoms with van der Waals surface area (Å²) in [7, 11) is -4.47. The highest BCUT2D eigenvalue weighted by Gasteiger charge is 2.01. The maximum Gasteiger partial charge on any atom is 0.144 e. The van der Waals surface area contributed by atoms with Crippen molar-refractivity contribution in [2.24, 2.45) is 0 Å². The SMILES string of the molecule is O=S(=O)([O-])c1cccc(Cl)n1. The van der Waals surface area contributed by atoms with Gasteiger partial charge >= 0.3 is 0 Å². The van der Waals surface area contributed by atoms with Gasteiger partial charge in [-0.1, -0.05) is 17.7 Å². The van der Waals surface area contributed by atoms with Crippen LogP contribution >= 0.6 is 11.6 Å². The van der Waals surface area contributed by atoms with Crippen molar-refractivity contribution in [2.75, 3.05) is 0 Å². The van der Waals surface area contributed by atoms with Crippen molar-refractivity contribution in [3.05, 3.63) is 23.4 Å². The van der Waals surface area contributed by atoms with E-state index in [1.54, 1.807) is 0 Å². The highest BCUT2D eigenvalue weighted by atomic mass is 35.5. The van der Waals surface area contributed by atoms with Crippen LogP contribution in [0.5, 0.6) is 0 Å². The molecule has 0 fully saturated rings. The number of hydrogen-bond donors (Lipinski definition) is 0. The van der Waals surface area contributed by atoms with Crippen LogP contribution in [0, 0.1) is 0 Å². The molecule has 11 heavy (non-hydrogen) atoms. The summed E-state index contributed by atoms with van der Waals surface area (Å²) in [5.74, 6) is 0. The summed E-state index contributed by atoms with van der Waals surface area (Å²) in [6.07, 6.45) is 0. The summed E-state index contributed by atoms with van der Waals surface area (Å²) in [6, 6.07) is 3.82. The molecule has 1 rings (SSSR count). The van der Waals surface area contributed by atoms with Crippen molar-refractivity contribution in [3.63, 3.8) is 0 Å². The number of hydrogen-bond acceptors (Lipinski definition) is 4. The van der Waals surface area contributed by atoms with Gasteiger partial charge in [-0.15, -0.1) is 0 Å². The third-order valence-electron chi connectivity index (χ3n) is 0.946. The van der Waals surface area contributed by atoms with E-state index in [0.29, 0.717) is 0 Å². The Bertz CT molecular complexity index is 362. The second-order valence-corrected chi connectivity index (χ2v) is 3.47. The fourth-order valence-electron chi connectivity index (χ4n) is 0.529. The molecule has 0 saturated carbocycles.